The van der Waals surface area contributed by atoms with E-state index in [1.54, 1.807) is 18.7 Å². The summed E-state index contributed by atoms with van der Waals surface area (Å²) in [4.78, 5) is 34.0. The lowest BCUT2D eigenvalue weighted by atomic mass is 9.84. The van der Waals surface area contributed by atoms with E-state index in [4.69, 9.17) is 11.5 Å². The first-order chi connectivity index (χ1) is 11.3. The molecule has 0 unspecified atom stereocenters. The average Bonchev–Trinajstić information content (AvgIpc) is 2.55. The standard InChI is InChI=1S/C17H19N5O2/c1-17(2,16(19)24)10-3-5-11(6-4-10)22-8-7-12-13(15(22)23)14(18)21-9-20-12/h3-6,9H,7-8H2,1-2H3,(H2,19,24)(H2,18,20,21). The number of rotatable bonds is 3. The summed E-state index contributed by atoms with van der Waals surface area (Å²) in [7, 11) is 0. The van der Waals surface area contributed by atoms with Gasteiger partial charge < -0.3 is 16.4 Å². The second-order valence-corrected chi connectivity index (χ2v) is 6.32. The lowest BCUT2D eigenvalue weighted by Gasteiger charge is -2.29. The number of anilines is 2. The molecule has 2 amide bonds. The monoisotopic (exact) mass is 325 g/mol. The Labute approximate surface area is 139 Å². The number of nitrogens with two attached hydrogens (primary N) is 2. The summed E-state index contributed by atoms with van der Waals surface area (Å²) in [6, 6.07) is 7.24. The highest BCUT2D eigenvalue weighted by Crippen LogP contribution is 2.29. The molecule has 0 saturated carbocycles. The van der Waals surface area contributed by atoms with E-state index in [-0.39, 0.29) is 11.7 Å². The van der Waals surface area contributed by atoms with Crippen molar-refractivity contribution in [3.63, 3.8) is 0 Å². The SMILES string of the molecule is CC(C)(C(N)=O)c1ccc(N2CCc3ncnc(N)c3C2=O)cc1. The molecular weight excluding hydrogens is 306 g/mol. The lowest BCUT2D eigenvalue weighted by molar-refractivity contribution is -0.122. The maximum atomic E-state index is 12.7. The Balaban J connectivity index is 1.93. The highest BCUT2D eigenvalue weighted by Gasteiger charge is 2.30. The maximum absolute atomic E-state index is 12.7. The summed E-state index contributed by atoms with van der Waals surface area (Å²) in [6.07, 6.45) is 1.99. The van der Waals surface area contributed by atoms with E-state index < -0.39 is 11.3 Å². The minimum atomic E-state index is -0.769. The van der Waals surface area contributed by atoms with Crippen molar-refractivity contribution < 1.29 is 9.59 Å². The fourth-order valence-electron chi connectivity index (χ4n) is 2.76. The third-order valence-electron chi connectivity index (χ3n) is 4.50. The van der Waals surface area contributed by atoms with Crippen molar-refractivity contribution in [2.75, 3.05) is 17.2 Å². The Bertz CT molecular complexity index is 814. The van der Waals surface area contributed by atoms with Gasteiger partial charge in [-0.1, -0.05) is 12.1 Å². The van der Waals surface area contributed by atoms with Gasteiger partial charge in [0, 0.05) is 18.7 Å². The number of benzene rings is 1. The van der Waals surface area contributed by atoms with Gasteiger partial charge >= 0.3 is 0 Å². The number of primary amides is 1. The van der Waals surface area contributed by atoms with Crippen molar-refractivity contribution >= 4 is 23.3 Å². The van der Waals surface area contributed by atoms with Crippen molar-refractivity contribution in [2.45, 2.75) is 25.7 Å². The van der Waals surface area contributed by atoms with Crippen LogP contribution in [0.2, 0.25) is 0 Å². The van der Waals surface area contributed by atoms with Crippen molar-refractivity contribution in [3.05, 3.63) is 47.4 Å². The number of carbonyl (C=O) groups excluding carboxylic acids is 2. The summed E-state index contributed by atoms with van der Waals surface area (Å²) in [5.41, 5.74) is 13.1. The number of fused-ring (bicyclic) bond motifs is 1. The van der Waals surface area contributed by atoms with Crippen LogP contribution in [-0.2, 0) is 16.6 Å². The molecular formula is C17H19N5O2. The van der Waals surface area contributed by atoms with Crippen molar-refractivity contribution in [3.8, 4) is 0 Å². The van der Waals surface area contributed by atoms with Gasteiger partial charge in [0.1, 0.15) is 17.7 Å². The zero-order valence-corrected chi connectivity index (χ0v) is 13.6. The van der Waals surface area contributed by atoms with Crippen molar-refractivity contribution in [1.29, 1.82) is 0 Å². The molecule has 24 heavy (non-hydrogen) atoms. The molecule has 7 heteroatoms. The van der Waals surface area contributed by atoms with Crippen LogP contribution >= 0.6 is 0 Å². The smallest absolute Gasteiger partial charge is 0.263 e. The Hall–Kier alpha value is -2.96. The highest BCUT2D eigenvalue weighted by molar-refractivity contribution is 6.10. The molecule has 0 bridgehead atoms. The van der Waals surface area contributed by atoms with E-state index in [1.165, 1.54) is 6.33 Å². The van der Waals surface area contributed by atoms with E-state index in [0.717, 1.165) is 11.3 Å². The molecule has 0 saturated heterocycles. The highest BCUT2D eigenvalue weighted by atomic mass is 16.2. The van der Waals surface area contributed by atoms with Gasteiger partial charge in [-0.05, 0) is 31.5 Å². The van der Waals surface area contributed by atoms with Gasteiger partial charge in [-0.15, -0.1) is 0 Å². The van der Waals surface area contributed by atoms with Crippen LogP contribution in [0.3, 0.4) is 0 Å². The zero-order chi connectivity index (χ0) is 17.5. The number of hydrogen-bond acceptors (Lipinski definition) is 5. The van der Waals surface area contributed by atoms with Gasteiger partial charge in [0.05, 0.1) is 11.1 Å². The van der Waals surface area contributed by atoms with E-state index >= 15 is 0 Å². The second kappa shape index (κ2) is 5.59. The molecule has 0 spiro atoms. The number of hydrogen-bond donors (Lipinski definition) is 2. The van der Waals surface area contributed by atoms with Crippen LogP contribution < -0.4 is 16.4 Å². The fourth-order valence-corrected chi connectivity index (χ4v) is 2.76. The number of nitrogen functional groups attached to an aromatic ring is 1. The minimum Gasteiger partial charge on any atom is -0.383 e. The number of aromatic nitrogens is 2. The van der Waals surface area contributed by atoms with Gasteiger partial charge in [-0.2, -0.15) is 0 Å². The first-order valence-electron chi connectivity index (χ1n) is 7.64. The molecule has 2 heterocycles. The van der Waals surface area contributed by atoms with Gasteiger partial charge in [-0.3, -0.25) is 9.59 Å². The topological polar surface area (TPSA) is 115 Å². The van der Waals surface area contributed by atoms with Crippen LogP contribution in [-0.4, -0.2) is 28.3 Å². The van der Waals surface area contributed by atoms with E-state index in [2.05, 4.69) is 9.97 Å². The lowest BCUT2D eigenvalue weighted by Crippen LogP contribution is -2.39. The molecule has 1 aliphatic heterocycles. The van der Waals surface area contributed by atoms with Crippen LogP contribution in [0.5, 0.6) is 0 Å². The van der Waals surface area contributed by atoms with Crippen LogP contribution in [0, 0.1) is 0 Å². The van der Waals surface area contributed by atoms with Crippen LogP contribution in [0.4, 0.5) is 11.5 Å². The van der Waals surface area contributed by atoms with Crippen LogP contribution in [0.1, 0.15) is 35.5 Å². The second-order valence-electron chi connectivity index (χ2n) is 6.32. The molecule has 3 rings (SSSR count). The molecule has 2 aromatic rings. The Morgan fingerprint density at radius 1 is 1.21 bits per heavy atom. The number of amides is 2. The number of carbonyl (C=O) groups is 2. The fraction of sp³-hybridized carbons (Fsp3) is 0.294. The van der Waals surface area contributed by atoms with Crippen molar-refractivity contribution in [2.24, 2.45) is 5.73 Å². The number of nitrogens with zero attached hydrogens (tertiary/aromatic N) is 3. The predicted molar refractivity (Wildman–Crippen MR) is 90.5 cm³/mol. The first kappa shape index (κ1) is 15.9. The molecule has 1 aromatic heterocycles. The molecule has 7 nitrogen and oxygen atoms in total. The van der Waals surface area contributed by atoms with Crippen LogP contribution in [0.15, 0.2) is 30.6 Å². The van der Waals surface area contributed by atoms with Gasteiger partial charge in [-0.25, -0.2) is 9.97 Å². The summed E-state index contributed by atoms with van der Waals surface area (Å²) >= 11 is 0. The van der Waals surface area contributed by atoms with E-state index in [1.807, 2.05) is 24.3 Å². The summed E-state index contributed by atoms with van der Waals surface area (Å²) in [5, 5.41) is 0. The molecule has 0 aliphatic carbocycles. The first-order valence-corrected chi connectivity index (χ1v) is 7.64. The third-order valence-corrected chi connectivity index (χ3v) is 4.50. The van der Waals surface area contributed by atoms with E-state index in [0.29, 0.717) is 24.2 Å². The molecule has 0 radical (unpaired) electrons. The Morgan fingerprint density at radius 3 is 2.50 bits per heavy atom. The molecule has 0 atom stereocenters. The van der Waals surface area contributed by atoms with E-state index in [9.17, 15) is 9.59 Å². The average molecular weight is 325 g/mol. The molecule has 124 valence electrons. The molecule has 1 aliphatic rings. The normalized spacial score (nSPS) is 14.4. The Kier molecular flexibility index (Phi) is 3.71. The largest absolute Gasteiger partial charge is 0.383 e. The maximum Gasteiger partial charge on any atom is 0.263 e. The molecule has 0 fully saturated rings. The minimum absolute atomic E-state index is 0.196. The van der Waals surface area contributed by atoms with Gasteiger partial charge in [0.25, 0.3) is 5.91 Å². The van der Waals surface area contributed by atoms with Crippen molar-refractivity contribution in [1.82, 2.24) is 9.97 Å². The summed E-state index contributed by atoms with van der Waals surface area (Å²) in [6.45, 7) is 4.05. The Morgan fingerprint density at radius 2 is 1.88 bits per heavy atom. The van der Waals surface area contributed by atoms with Gasteiger partial charge in [0.15, 0.2) is 0 Å². The van der Waals surface area contributed by atoms with Gasteiger partial charge in [0.2, 0.25) is 5.91 Å². The van der Waals surface area contributed by atoms with Crippen LogP contribution in [0.25, 0.3) is 0 Å². The predicted octanol–water partition coefficient (Wildman–Crippen LogP) is 1.02. The summed E-state index contributed by atoms with van der Waals surface area (Å²) < 4.78 is 0. The third kappa shape index (κ3) is 2.47. The molecule has 1 aromatic carbocycles. The quantitative estimate of drug-likeness (QED) is 0.874. The zero-order valence-electron chi connectivity index (χ0n) is 13.6. The summed E-state index contributed by atoms with van der Waals surface area (Å²) in [5.74, 6) is -0.416. The molecule has 4 N–H and O–H groups in total.